The first-order chi connectivity index (χ1) is 20.5. The Labute approximate surface area is 252 Å². The highest BCUT2D eigenvalue weighted by Gasteiger charge is 2.36. The summed E-state index contributed by atoms with van der Waals surface area (Å²) in [5.41, 5.74) is 3.70. The minimum Gasteiger partial charge on any atom is -0.354 e. The Bertz CT molecular complexity index is 1390. The number of aromatic nitrogens is 2. The Hall–Kier alpha value is -3.87. The summed E-state index contributed by atoms with van der Waals surface area (Å²) in [5.74, 6) is -0.157. The van der Waals surface area contributed by atoms with Crippen LogP contribution in [-0.4, -0.2) is 69.6 Å². The van der Waals surface area contributed by atoms with Crippen molar-refractivity contribution in [3.05, 3.63) is 88.5 Å². The van der Waals surface area contributed by atoms with E-state index in [1.165, 1.54) is 6.42 Å². The highest BCUT2D eigenvalue weighted by Crippen LogP contribution is 2.21. The number of benzene rings is 2. The molecule has 2 aliphatic rings. The van der Waals surface area contributed by atoms with Crippen molar-refractivity contribution >= 4 is 23.5 Å². The molecule has 1 atom stereocenters. The van der Waals surface area contributed by atoms with Crippen LogP contribution in [0, 0.1) is 11.3 Å². The van der Waals surface area contributed by atoms with Gasteiger partial charge in [-0.15, -0.1) is 0 Å². The highest BCUT2D eigenvalue weighted by molar-refractivity contribution is 6.31. The van der Waals surface area contributed by atoms with Crippen LogP contribution in [0.4, 0.5) is 4.79 Å². The van der Waals surface area contributed by atoms with Gasteiger partial charge in [0.2, 0.25) is 5.91 Å². The fraction of sp³-hybridized carbons (Fsp3) is 0.438. The summed E-state index contributed by atoms with van der Waals surface area (Å²) in [6.07, 6.45) is 9.64. The van der Waals surface area contributed by atoms with Crippen molar-refractivity contribution in [3.63, 3.8) is 0 Å². The van der Waals surface area contributed by atoms with Gasteiger partial charge in [-0.2, -0.15) is 5.26 Å². The Kier molecular flexibility index (Phi) is 10.1. The Morgan fingerprint density at radius 1 is 1.02 bits per heavy atom. The third-order valence-corrected chi connectivity index (χ3v) is 8.60. The molecule has 0 unspecified atom stereocenters. The molecular weight excluding hydrogens is 550 g/mol. The van der Waals surface area contributed by atoms with Crippen molar-refractivity contribution in [3.8, 4) is 6.07 Å². The van der Waals surface area contributed by atoms with Gasteiger partial charge in [0.05, 0.1) is 18.0 Å². The molecule has 220 valence electrons. The van der Waals surface area contributed by atoms with E-state index in [4.69, 9.17) is 16.9 Å². The lowest BCUT2D eigenvalue weighted by molar-refractivity contribution is -0.127. The lowest BCUT2D eigenvalue weighted by Gasteiger charge is -2.41. The largest absolute Gasteiger partial charge is 0.354 e. The van der Waals surface area contributed by atoms with Gasteiger partial charge >= 0.3 is 6.03 Å². The van der Waals surface area contributed by atoms with Crippen molar-refractivity contribution in [2.24, 2.45) is 0 Å². The van der Waals surface area contributed by atoms with Crippen molar-refractivity contribution < 1.29 is 9.59 Å². The number of amides is 3. The molecule has 1 aromatic heterocycles. The van der Waals surface area contributed by atoms with Gasteiger partial charge in [0.15, 0.2) is 0 Å². The number of carbonyl (C=O) groups excluding carboxylic acids is 2. The Balaban J connectivity index is 1.21. The number of rotatable bonds is 9. The molecule has 3 amide bonds. The summed E-state index contributed by atoms with van der Waals surface area (Å²) < 4.78 is 2.05. The summed E-state index contributed by atoms with van der Waals surface area (Å²) >= 11 is 6.42. The van der Waals surface area contributed by atoms with Crippen LogP contribution in [0.2, 0.25) is 5.02 Å². The van der Waals surface area contributed by atoms with Gasteiger partial charge in [-0.05, 0) is 42.2 Å². The van der Waals surface area contributed by atoms with Gasteiger partial charge in [0.1, 0.15) is 6.04 Å². The molecule has 2 aromatic carbocycles. The fourth-order valence-electron chi connectivity index (χ4n) is 5.83. The van der Waals surface area contributed by atoms with Gasteiger partial charge in [0, 0.05) is 68.6 Å². The summed E-state index contributed by atoms with van der Waals surface area (Å²) in [4.78, 5) is 35.2. The molecule has 3 aromatic rings. The molecule has 42 heavy (non-hydrogen) atoms. The number of carbonyl (C=O) groups is 2. The number of hydrogen-bond donors (Lipinski definition) is 2. The van der Waals surface area contributed by atoms with Gasteiger partial charge in [-0.3, -0.25) is 9.69 Å². The molecular formula is C32H38ClN7O2. The van der Waals surface area contributed by atoms with Crippen LogP contribution in [0.15, 0.2) is 61.1 Å². The quantitative estimate of drug-likeness (QED) is 0.387. The zero-order chi connectivity index (χ0) is 29.3. The van der Waals surface area contributed by atoms with E-state index in [9.17, 15) is 9.59 Å². The molecule has 2 fully saturated rings. The number of urea groups is 1. The number of imidazole rings is 1. The number of nitrogens with zero attached hydrogens (tertiary/aromatic N) is 5. The maximum Gasteiger partial charge on any atom is 0.318 e. The summed E-state index contributed by atoms with van der Waals surface area (Å²) in [6, 6.07) is 16.8. The predicted octanol–water partition coefficient (Wildman–Crippen LogP) is 4.34. The average Bonchev–Trinajstić information content (AvgIpc) is 3.45. The standard InChI is InChI=1S/C32H38ClN7O2/c33-29-9-5-4-6-26(29)21-38-16-17-40(32(42)37-27-7-2-1-3-8-27)30(22-38)31(41)36-15-14-28-19-35-23-39(28)20-25-12-10-24(18-34)11-13-25/h4-6,9-13,19,23,27,30H,1-3,7-8,14-17,20-22H2,(H,36,41)(H,37,42)/t30-/m1/s1. The van der Waals surface area contributed by atoms with Gasteiger partial charge in [-0.1, -0.05) is 61.2 Å². The second kappa shape index (κ2) is 14.3. The van der Waals surface area contributed by atoms with Gasteiger partial charge in [0.25, 0.3) is 0 Å². The second-order valence-corrected chi connectivity index (χ2v) is 11.6. The molecule has 10 heteroatoms. The van der Waals surface area contributed by atoms with E-state index in [1.807, 2.05) is 59.3 Å². The van der Waals surface area contributed by atoms with Crippen molar-refractivity contribution in [2.45, 2.75) is 63.7 Å². The van der Waals surface area contributed by atoms with E-state index >= 15 is 0 Å². The van der Waals surface area contributed by atoms with Crippen LogP contribution in [-0.2, 0) is 24.3 Å². The zero-order valence-electron chi connectivity index (χ0n) is 23.8. The lowest BCUT2D eigenvalue weighted by atomic mass is 9.95. The maximum atomic E-state index is 13.6. The molecule has 2 heterocycles. The van der Waals surface area contributed by atoms with E-state index in [1.54, 1.807) is 11.2 Å². The summed E-state index contributed by atoms with van der Waals surface area (Å²) in [6.45, 7) is 3.25. The first-order valence-corrected chi connectivity index (χ1v) is 15.2. The van der Waals surface area contributed by atoms with Crippen LogP contribution in [0.1, 0.15) is 54.5 Å². The van der Waals surface area contributed by atoms with Crippen LogP contribution >= 0.6 is 11.6 Å². The molecule has 5 rings (SSSR count). The molecule has 0 radical (unpaired) electrons. The van der Waals surface area contributed by atoms with E-state index in [0.29, 0.717) is 56.3 Å². The molecule has 1 saturated carbocycles. The number of piperazine rings is 1. The van der Waals surface area contributed by atoms with Gasteiger partial charge in [-0.25, -0.2) is 9.78 Å². The fourth-order valence-corrected chi connectivity index (χ4v) is 6.03. The first-order valence-electron chi connectivity index (χ1n) is 14.8. The zero-order valence-corrected chi connectivity index (χ0v) is 24.6. The first kappa shape index (κ1) is 29.6. The molecule has 1 saturated heterocycles. The van der Waals surface area contributed by atoms with Crippen molar-refractivity contribution in [1.82, 2.24) is 30.0 Å². The number of nitriles is 1. The van der Waals surface area contributed by atoms with E-state index in [2.05, 4.69) is 26.6 Å². The van der Waals surface area contributed by atoms with Crippen LogP contribution in [0.5, 0.6) is 0 Å². The van der Waals surface area contributed by atoms with Crippen LogP contribution in [0.25, 0.3) is 0 Å². The highest BCUT2D eigenvalue weighted by atomic mass is 35.5. The van der Waals surface area contributed by atoms with E-state index < -0.39 is 6.04 Å². The summed E-state index contributed by atoms with van der Waals surface area (Å²) in [5, 5.41) is 16.0. The lowest BCUT2D eigenvalue weighted by Crippen LogP contribution is -2.63. The molecule has 9 nitrogen and oxygen atoms in total. The maximum absolute atomic E-state index is 13.6. The smallest absolute Gasteiger partial charge is 0.318 e. The number of nitrogens with one attached hydrogen (secondary N) is 2. The molecule has 2 N–H and O–H groups in total. The third-order valence-electron chi connectivity index (χ3n) is 8.23. The average molecular weight is 588 g/mol. The Morgan fingerprint density at radius 3 is 2.57 bits per heavy atom. The van der Waals surface area contributed by atoms with Crippen LogP contribution < -0.4 is 10.6 Å². The van der Waals surface area contributed by atoms with Gasteiger partial charge < -0.3 is 20.1 Å². The van der Waals surface area contributed by atoms with E-state index in [-0.39, 0.29) is 18.0 Å². The SMILES string of the molecule is N#Cc1ccc(Cn2cncc2CCNC(=O)[C@H]2CN(Cc3ccccc3Cl)CCN2C(=O)NC2CCCCC2)cc1. The van der Waals surface area contributed by atoms with E-state index in [0.717, 1.165) is 42.5 Å². The monoisotopic (exact) mass is 587 g/mol. The Morgan fingerprint density at radius 2 is 1.81 bits per heavy atom. The minimum absolute atomic E-state index is 0.153. The van der Waals surface area contributed by atoms with Crippen molar-refractivity contribution in [1.29, 1.82) is 5.26 Å². The third kappa shape index (κ3) is 7.69. The second-order valence-electron chi connectivity index (χ2n) is 11.2. The molecule has 0 spiro atoms. The molecule has 1 aliphatic heterocycles. The number of halogens is 1. The molecule has 0 bridgehead atoms. The predicted molar refractivity (Wildman–Crippen MR) is 162 cm³/mol. The molecule has 1 aliphatic carbocycles. The number of hydrogen-bond acceptors (Lipinski definition) is 5. The normalized spacial score (nSPS) is 17.9. The topological polar surface area (TPSA) is 106 Å². The minimum atomic E-state index is -0.603. The van der Waals surface area contributed by atoms with Crippen molar-refractivity contribution in [2.75, 3.05) is 26.2 Å². The van der Waals surface area contributed by atoms with Crippen LogP contribution in [0.3, 0.4) is 0 Å². The summed E-state index contributed by atoms with van der Waals surface area (Å²) in [7, 11) is 0.